The van der Waals surface area contributed by atoms with E-state index in [-0.39, 0.29) is 9.47 Å². The highest BCUT2D eigenvalue weighted by Crippen LogP contribution is 2.26. The highest BCUT2D eigenvalue weighted by atomic mass is 79.9. The number of aromatic nitrogens is 2. The van der Waals surface area contributed by atoms with E-state index in [1.54, 1.807) is 18.2 Å². The van der Waals surface area contributed by atoms with E-state index >= 15 is 0 Å². The summed E-state index contributed by atoms with van der Waals surface area (Å²) in [5.74, 6) is -0.390. The number of nitrogens with one attached hydrogen (secondary N) is 1. The maximum atomic E-state index is 11.7. The van der Waals surface area contributed by atoms with Gasteiger partial charge in [0, 0.05) is 4.47 Å². The fraction of sp³-hybridized carbons (Fsp3) is 0. The van der Waals surface area contributed by atoms with Crippen molar-refractivity contribution in [2.24, 2.45) is 0 Å². The molecule has 4 nitrogen and oxygen atoms in total. The zero-order chi connectivity index (χ0) is 12.4. The Balaban J connectivity index is 2.18. The fourth-order valence-corrected chi connectivity index (χ4v) is 2.51. The van der Waals surface area contributed by atoms with Crippen LogP contribution in [-0.4, -0.2) is 16.1 Å². The standard InChI is InChI=1S/C9H4BrCl2N3OS/c10-4-1-2-6(5(11)3-4)13-7(16)8-14-15-9(12)17-8/h1-3H,(H,13,16). The number of rotatable bonds is 2. The van der Waals surface area contributed by atoms with E-state index in [9.17, 15) is 4.79 Å². The molecule has 0 atom stereocenters. The van der Waals surface area contributed by atoms with Crippen LogP contribution in [0.25, 0.3) is 0 Å². The van der Waals surface area contributed by atoms with Crippen molar-refractivity contribution in [1.82, 2.24) is 10.2 Å². The van der Waals surface area contributed by atoms with Crippen LogP contribution in [0, 0.1) is 0 Å². The van der Waals surface area contributed by atoms with E-state index in [0.29, 0.717) is 10.7 Å². The average Bonchev–Trinajstić information content (AvgIpc) is 2.69. The lowest BCUT2D eigenvalue weighted by atomic mass is 10.3. The third-order valence-corrected chi connectivity index (χ3v) is 3.60. The fourth-order valence-electron chi connectivity index (χ4n) is 1.06. The summed E-state index contributed by atoms with van der Waals surface area (Å²) in [5.41, 5.74) is 0.506. The lowest BCUT2D eigenvalue weighted by Gasteiger charge is -2.05. The predicted molar refractivity (Wildman–Crippen MR) is 72.0 cm³/mol. The minimum absolute atomic E-state index is 0.189. The van der Waals surface area contributed by atoms with Gasteiger partial charge in [-0.1, -0.05) is 38.9 Å². The van der Waals surface area contributed by atoms with Crippen LogP contribution in [-0.2, 0) is 0 Å². The van der Waals surface area contributed by atoms with Crippen molar-refractivity contribution in [2.45, 2.75) is 0 Å². The Morgan fingerprint density at radius 1 is 1.35 bits per heavy atom. The van der Waals surface area contributed by atoms with Gasteiger partial charge in [0.1, 0.15) is 0 Å². The summed E-state index contributed by atoms with van der Waals surface area (Å²) in [7, 11) is 0. The Kier molecular flexibility index (Phi) is 3.98. The molecular weight excluding hydrogens is 349 g/mol. The predicted octanol–water partition coefficient (Wildman–Crippen LogP) is 3.86. The van der Waals surface area contributed by atoms with Crippen molar-refractivity contribution < 1.29 is 4.79 Å². The molecule has 0 saturated carbocycles. The van der Waals surface area contributed by atoms with Gasteiger partial charge in [0.25, 0.3) is 5.91 Å². The van der Waals surface area contributed by atoms with E-state index in [2.05, 4.69) is 31.4 Å². The van der Waals surface area contributed by atoms with Crippen molar-refractivity contribution in [1.29, 1.82) is 0 Å². The molecule has 0 bridgehead atoms. The lowest BCUT2D eigenvalue weighted by Crippen LogP contribution is -2.11. The Morgan fingerprint density at radius 2 is 2.12 bits per heavy atom. The molecule has 0 fully saturated rings. The summed E-state index contributed by atoms with van der Waals surface area (Å²) >= 11 is 15.8. The van der Waals surface area contributed by atoms with Gasteiger partial charge in [-0.3, -0.25) is 4.79 Å². The summed E-state index contributed by atoms with van der Waals surface area (Å²) in [6.45, 7) is 0. The average molecular weight is 353 g/mol. The van der Waals surface area contributed by atoms with Crippen molar-refractivity contribution >= 4 is 62.1 Å². The Bertz CT molecular complexity index is 575. The lowest BCUT2D eigenvalue weighted by molar-refractivity contribution is 0.102. The molecule has 0 aliphatic heterocycles. The Hall–Kier alpha value is -0.690. The second-order valence-corrected chi connectivity index (χ2v) is 5.82. The molecule has 88 valence electrons. The van der Waals surface area contributed by atoms with Crippen LogP contribution >= 0.6 is 50.5 Å². The quantitative estimate of drug-likeness (QED) is 0.892. The van der Waals surface area contributed by atoms with Gasteiger partial charge >= 0.3 is 0 Å². The molecular formula is C9H4BrCl2N3OS. The number of benzene rings is 1. The molecule has 2 rings (SSSR count). The SMILES string of the molecule is O=C(Nc1ccc(Br)cc1Cl)c1nnc(Cl)s1. The highest BCUT2D eigenvalue weighted by molar-refractivity contribution is 9.10. The summed E-state index contributed by atoms with van der Waals surface area (Å²) in [5, 5.41) is 10.4. The number of halogens is 3. The summed E-state index contributed by atoms with van der Waals surface area (Å²) < 4.78 is 1.05. The largest absolute Gasteiger partial charge is 0.318 e. The molecule has 1 N–H and O–H groups in total. The maximum Gasteiger partial charge on any atom is 0.286 e. The topological polar surface area (TPSA) is 54.9 Å². The van der Waals surface area contributed by atoms with Crippen LogP contribution in [0.15, 0.2) is 22.7 Å². The molecule has 8 heteroatoms. The minimum atomic E-state index is -0.390. The third-order valence-electron chi connectivity index (χ3n) is 1.77. The van der Waals surface area contributed by atoms with Crippen LogP contribution in [0.3, 0.4) is 0 Å². The number of nitrogens with zero attached hydrogens (tertiary/aromatic N) is 2. The summed E-state index contributed by atoms with van der Waals surface area (Å²) in [4.78, 5) is 11.7. The Morgan fingerprint density at radius 3 is 2.71 bits per heavy atom. The molecule has 0 aliphatic rings. The highest BCUT2D eigenvalue weighted by Gasteiger charge is 2.13. The van der Waals surface area contributed by atoms with Crippen LogP contribution in [0.4, 0.5) is 5.69 Å². The van der Waals surface area contributed by atoms with Crippen LogP contribution in [0.1, 0.15) is 9.80 Å². The van der Waals surface area contributed by atoms with Gasteiger partial charge < -0.3 is 5.32 Å². The summed E-state index contributed by atoms with van der Waals surface area (Å²) in [6, 6.07) is 5.14. The zero-order valence-electron chi connectivity index (χ0n) is 8.08. The van der Waals surface area contributed by atoms with Gasteiger partial charge in [-0.05, 0) is 29.8 Å². The molecule has 1 amide bonds. The van der Waals surface area contributed by atoms with Crippen LogP contribution in [0.5, 0.6) is 0 Å². The second kappa shape index (κ2) is 5.30. The van der Waals surface area contributed by atoms with Crippen molar-refractivity contribution in [3.05, 3.63) is 37.2 Å². The number of hydrogen-bond acceptors (Lipinski definition) is 4. The van der Waals surface area contributed by atoms with Gasteiger partial charge in [0.15, 0.2) is 0 Å². The number of hydrogen-bond donors (Lipinski definition) is 1. The molecule has 1 heterocycles. The van der Waals surface area contributed by atoms with Crippen LogP contribution in [0.2, 0.25) is 9.49 Å². The van der Waals surface area contributed by atoms with E-state index in [4.69, 9.17) is 23.2 Å². The molecule has 0 saturated heterocycles. The smallest absolute Gasteiger partial charge is 0.286 e. The van der Waals surface area contributed by atoms with Gasteiger partial charge in [0.2, 0.25) is 9.47 Å². The van der Waals surface area contributed by atoms with Gasteiger partial charge in [-0.25, -0.2) is 0 Å². The molecule has 0 aliphatic carbocycles. The molecule has 0 spiro atoms. The zero-order valence-corrected chi connectivity index (χ0v) is 12.0. The molecule has 0 radical (unpaired) electrons. The Labute approximate surface area is 119 Å². The first-order valence-corrected chi connectivity index (χ1v) is 6.68. The van der Waals surface area contributed by atoms with Gasteiger partial charge in [0.05, 0.1) is 10.7 Å². The number of anilines is 1. The van der Waals surface area contributed by atoms with Crippen molar-refractivity contribution in [2.75, 3.05) is 5.32 Å². The second-order valence-electron chi connectivity index (χ2n) is 2.94. The van der Waals surface area contributed by atoms with E-state index in [1.807, 2.05) is 0 Å². The monoisotopic (exact) mass is 351 g/mol. The molecule has 0 unspecified atom stereocenters. The number of amides is 1. The molecule has 1 aromatic carbocycles. The van der Waals surface area contributed by atoms with E-state index in [1.165, 1.54) is 0 Å². The molecule has 1 aromatic heterocycles. The number of carbonyl (C=O) groups is 1. The first-order chi connectivity index (χ1) is 8.06. The normalized spacial score (nSPS) is 10.3. The summed E-state index contributed by atoms with van der Waals surface area (Å²) in [6.07, 6.45) is 0. The van der Waals surface area contributed by atoms with Gasteiger partial charge in [-0.15, -0.1) is 10.2 Å². The van der Waals surface area contributed by atoms with Crippen molar-refractivity contribution in [3.8, 4) is 0 Å². The third kappa shape index (κ3) is 3.16. The van der Waals surface area contributed by atoms with Crippen molar-refractivity contribution in [3.63, 3.8) is 0 Å². The minimum Gasteiger partial charge on any atom is -0.318 e. The van der Waals surface area contributed by atoms with Crippen LogP contribution < -0.4 is 5.32 Å². The first kappa shape index (κ1) is 12.8. The first-order valence-electron chi connectivity index (χ1n) is 4.31. The molecule has 17 heavy (non-hydrogen) atoms. The number of carbonyl (C=O) groups excluding carboxylic acids is 1. The molecule has 2 aromatic rings. The van der Waals surface area contributed by atoms with Gasteiger partial charge in [-0.2, -0.15) is 0 Å². The maximum absolute atomic E-state index is 11.7. The van der Waals surface area contributed by atoms with E-state index < -0.39 is 5.91 Å². The van der Waals surface area contributed by atoms with E-state index in [0.717, 1.165) is 15.8 Å².